The van der Waals surface area contributed by atoms with Crippen molar-refractivity contribution in [2.24, 2.45) is 5.92 Å². The van der Waals surface area contributed by atoms with Gasteiger partial charge < -0.3 is 0 Å². The van der Waals surface area contributed by atoms with Crippen molar-refractivity contribution in [2.45, 2.75) is 38.0 Å². The summed E-state index contributed by atoms with van der Waals surface area (Å²) in [5, 5.41) is 0. The number of hydrogen-bond donors (Lipinski definition) is 0. The van der Waals surface area contributed by atoms with Crippen molar-refractivity contribution in [3.8, 4) is 0 Å². The average molecular weight is 290 g/mol. The fraction of sp³-hybridized carbons (Fsp3) is 0.467. The molecule has 1 saturated carbocycles. The van der Waals surface area contributed by atoms with Gasteiger partial charge in [-0.3, -0.25) is 0 Å². The van der Waals surface area contributed by atoms with Crippen LogP contribution in [0.4, 0.5) is 22.0 Å². The van der Waals surface area contributed by atoms with Crippen LogP contribution in [0.3, 0.4) is 0 Å². The summed E-state index contributed by atoms with van der Waals surface area (Å²) in [6.07, 6.45) is 2.62. The molecule has 110 valence electrons. The molecule has 5 heteroatoms. The third kappa shape index (κ3) is 3.58. The zero-order chi connectivity index (χ0) is 14.7. The Kier molecular flexibility index (Phi) is 4.78. The van der Waals surface area contributed by atoms with Gasteiger partial charge in [-0.2, -0.15) is 0 Å². The number of alkyl halides is 2. The van der Waals surface area contributed by atoms with Crippen molar-refractivity contribution in [1.29, 1.82) is 0 Å². The zero-order valence-corrected chi connectivity index (χ0v) is 10.8. The van der Waals surface area contributed by atoms with Gasteiger partial charge in [-0.1, -0.05) is 6.08 Å². The molecule has 1 aliphatic carbocycles. The Hall–Kier alpha value is -1.39. The second-order valence-electron chi connectivity index (χ2n) is 5.13. The first kappa shape index (κ1) is 15.0. The van der Waals surface area contributed by atoms with E-state index in [0.717, 1.165) is 18.2 Å². The van der Waals surface area contributed by atoms with Crippen molar-refractivity contribution in [3.05, 3.63) is 47.3 Å². The lowest BCUT2D eigenvalue weighted by Gasteiger charge is -2.27. The summed E-state index contributed by atoms with van der Waals surface area (Å²) in [7, 11) is 0. The van der Waals surface area contributed by atoms with Gasteiger partial charge in [0.05, 0.1) is 0 Å². The highest BCUT2D eigenvalue weighted by Crippen LogP contribution is 2.37. The molecular weight excluding hydrogens is 275 g/mol. The molecule has 0 spiro atoms. The van der Waals surface area contributed by atoms with E-state index in [0.29, 0.717) is 31.2 Å². The molecule has 0 amide bonds. The molecule has 0 nitrogen and oxygen atoms in total. The van der Waals surface area contributed by atoms with E-state index in [4.69, 9.17) is 0 Å². The first-order chi connectivity index (χ1) is 9.47. The second-order valence-corrected chi connectivity index (χ2v) is 5.13. The van der Waals surface area contributed by atoms with E-state index in [1.165, 1.54) is 6.08 Å². The molecule has 0 atom stereocenters. The SMILES string of the molecule is Fc1cc([C@H]2CC[C@H](/C=C/C(F)F)CC2)cc(F)c1F. The average Bonchev–Trinajstić information content (AvgIpc) is 2.42. The molecular formula is C15H15F5. The summed E-state index contributed by atoms with van der Waals surface area (Å²) in [4.78, 5) is 0. The van der Waals surface area contributed by atoms with Gasteiger partial charge >= 0.3 is 0 Å². The van der Waals surface area contributed by atoms with Crippen molar-refractivity contribution in [2.75, 3.05) is 0 Å². The van der Waals surface area contributed by atoms with E-state index in [1.807, 2.05) is 0 Å². The maximum absolute atomic E-state index is 13.2. The number of halogens is 5. The van der Waals surface area contributed by atoms with Gasteiger partial charge in [0, 0.05) is 0 Å². The van der Waals surface area contributed by atoms with Crippen molar-refractivity contribution in [1.82, 2.24) is 0 Å². The van der Waals surface area contributed by atoms with Crippen LogP contribution in [0.25, 0.3) is 0 Å². The predicted octanol–water partition coefficient (Wildman–Crippen LogP) is 5.20. The molecule has 0 N–H and O–H groups in total. The lowest BCUT2D eigenvalue weighted by Crippen LogP contribution is -2.12. The summed E-state index contributed by atoms with van der Waals surface area (Å²) in [6, 6.07) is 2.05. The van der Waals surface area contributed by atoms with Crippen molar-refractivity contribution < 1.29 is 22.0 Å². The standard InChI is InChI=1S/C15H15F5/c16-12-7-11(8-13(17)15(12)20)10-4-1-9(2-5-10)3-6-14(18)19/h3,6-10,14H,1-2,4-5H2/b6-3+/t9-,10-. The summed E-state index contributed by atoms with van der Waals surface area (Å²) >= 11 is 0. The number of hydrogen-bond acceptors (Lipinski definition) is 0. The molecule has 0 heterocycles. The number of benzene rings is 1. The quantitative estimate of drug-likeness (QED) is 0.408. The molecule has 0 aliphatic heterocycles. The van der Waals surface area contributed by atoms with Crippen molar-refractivity contribution in [3.63, 3.8) is 0 Å². The molecule has 20 heavy (non-hydrogen) atoms. The molecule has 2 rings (SSSR count). The van der Waals surface area contributed by atoms with E-state index in [9.17, 15) is 22.0 Å². The molecule has 0 bridgehead atoms. The van der Waals surface area contributed by atoms with E-state index in [2.05, 4.69) is 0 Å². The summed E-state index contributed by atoms with van der Waals surface area (Å²) < 4.78 is 63.3. The molecule has 1 aromatic rings. The lowest BCUT2D eigenvalue weighted by atomic mass is 9.78. The first-order valence-corrected chi connectivity index (χ1v) is 6.58. The van der Waals surface area contributed by atoms with Crippen LogP contribution in [0.2, 0.25) is 0 Å². The highest BCUT2D eigenvalue weighted by atomic mass is 19.3. The van der Waals surface area contributed by atoms with Crippen LogP contribution in [0.5, 0.6) is 0 Å². The Morgan fingerprint density at radius 3 is 2.00 bits per heavy atom. The van der Waals surface area contributed by atoms with Gasteiger partial charge in [0.25, 0.3) is 6.43 Å². The third-order valence-corrected chi connectivity index (χ3v) is 3.78. The van der Waals surface area contributed by atoms with Gasteiger partial charge in [-0.05, 0) is 61.3 Å². The number of allylic oxidation sites excluding steroid dienone is 2. The Morgan fingerprint density at radius 2 is 1.50 bits per heavy atom. The van der Waals surface area contributed by atoms with Crippen LogP contribution in [0, 0.1) is 23.4 Å². The molecule has 0 aromatic heterocycles. The molecule has 1 aliphatic rings. The minimum absolute atomic E-state index is 0.0456. The van der Waals surface area contributed by atoms with E-state index >= 15 is 0 Å². The van der Waals surface area contributed by atoms with Crippen LogP contribution in [0.1, 0.15) is 37.2 Å². The largest absolute Gasteiger partial charge is 0.257 e. The normalized spacial score (nSPS) is 23.7. The highest BCUT2D eigenvalue weighted by Gasteiger charge is 2.23. The van der Waals surface area contributed by atoms with E-state index < -0.39 is 23.9 Å². The monoisotopic (exact) mass is 290 g/mol. The fourth-order valence-corrected chi connectivity index (χ4v) is 2.70. The van der Waals surface area contributed by atoms with E-state index in [-0.39, 0.29) is 11.8 Å². The van der Waals surface area contributed by atoms with Crippen LogP contribution in [-0.4, -0.2) is 6.43 Å². The van der Waals surface area contributed by atoms with Crippen LogP contribution in [0.15, 0.2) is 24.3 Å². The van der Waals surface area contributed by atoms with Gasteiger partial charge in [0.15, 0.2) is 17.5 Å². The minimum Gasteiger partial charge on any atom is -0.206 e. The lowest BCUT2D eigenvalue weighted by molar-refractivity contribution is 0.202. The van der Waals surface area contributed by atoms with Crippen molar-refractivity contribution >= 4 is 0 Å². The maximum atomic E-state index is 13.2. The smallest absolute Gasteiger partial charge is 0.206 e. The summed E-state index contributed by atoms with van der Waals surface area (Å²) in [5.41, 5.74) is 0.442. The predicted molar refractivity (Wildman–Crippen MR) is 66.2 cm³/mol. The Labute approximate surface area is 114 Å². The molecule has 1 aromatic carbocycles. The maximum Gasteiger partial charge on any atom is 0.257 e. The van der Waals surface area contributed by atoms with Gasteiger partial charge in [0.2, 0.25) is 0 Å². The van der Waals surface area contributed by atoms with Gasteiger partial charge in [0.1, 0.15) is 0 Å². The molecule has 1 fully saturated rings. The number of rotatable bonds is 3. The Balaban J connectivity index is 2.00. The third-order valence-electron chi connectivity index (χ3n) is 3.78. The topological polar surface area (TPSA) is 0 Å². The zero-order valence-electron chi connectivity index (χ0n) is 10.8. The summed E-state index contributed by atoms with van der Waals surface area (Å²) in [5.74, 6) is -3.78. The Morgan fingerprint density at radius 1 is 0.950 bits per heavy atom. The van der Waals surface area contributed by atoms with Crippen LogP contribution in [-0.2, 0) is 0 Å². The minimum atomic E-state index is -2.45. The molecule has 0 unspecified atom stereocenters. The summed E-state index contributed by atoms with van der Waals surface area (Å²) in [6.45, 7) is 0. The highest BCUT2D eigenvalue weighted by molar-refractivity contribution is 5.23. The van der Waals surface area contributed by atoms with Crippen LogP contribution >= 0.6 is 0 Å². The van der Waals surface area contributed by atoms with Gasteiger partial charge in [-0.25, -0.2) is 22.0 Å². The molecule has 0 saturated heterocycles. The van der Waals surface area contributed by atoms with Gasteiger partial charge in [-0.15, -0.1) is 0 Å². The second kappa shape index (κ2) is 6.37. The first-order valence-electron chi connectivity index (χ1n) is 6.58. The fourth-order valence-electron chi connectivity index (χ4n) is 2.70. The van der Waals surface area contributed by atoms with E-state index in [1.54, 1.807) is 0 Å². The van der Waals surface area contributed by atoms with Crippen LogP contribution < -0.4 is 0 Å². The Bertz CT molecular complexity index is 464. The molecule has 0 radical (unpaired) electrons.